The van der Waals surface area contributed by atoms with Gasteiger partial charge in [0.15, 0.2) is 0 Å². The van der Waals surface area contributed by atoms with E-state index in [9.17, 15) is 8.42 Å². The SMILES string of the molecule is C=CCN(CC=C)S(=O)(=O)c1cc(CNC)cc(C)c1Br. The summed E-state index contributed by atoms with van der Waals surface area (Å²) in [5, 5.41) is 3.03. The Balaban J connectivity index is 3.40. The molecule has 0 spiro atoms. The Bertz CT molecular complexity index is 617. The molecule has 0 aliphatic carbocycles. The van der Waals surface area contributed by atoms with E-state index in [1.807, 2.05) is 20.0 Å². The lowest BCUT2D eigenvalue weighted by molar-refractivity contribution is 0.473. The Morgan fingerprint density at radius 2 is 1.86 bits per heavy atom. The minimum Gasteiger partial charge on any atom is -0.316 e. The van der Waals surface area contributed by atoms with Gasteiger partial charge in [0.1, 0.15) is 0 Å². The van der Waals surface area contributed by atoms with Crippen LogP contribution >= 0.6 is 15.9 Å². The van der Waals surface area contributed by atoms with Crippen LogP contribution in [-0.4, -0.2) is 32.9 Å². The lowest BCUT2D eigenvalue weighted by Gasteiger charge is -2.21. The monoisotopic (exact) mass is 372 g/mol. The van der Waals surface area contributed by atoms with E-state index >= 15 is 0 Å². The molecule has 21 heavy (non-hydrogen) atoms. The van der Waals surface area contributed by atoms with Crippen LogP contribution in [0.4, 0.5) is 0 Å². The van der Waals surface area contributed by atoms with Crippen LogP contribution in [0.3, 0.4) is 0 Å². The first-order valence-corrected chi connectivity index (χ1v) is 8.77. The molecule has 1 aromatic rings. The second-order valence-corrected chi connectivity index (χ2v) is 7.35. The quantitative estimate of drug-likeness (QED) is 0.713. The van der Waals surface area contributed by atoms with Gasteiger partial charge in [-0.15, -0.1) is 13.2 Å². The minimum absolute atomic E-state index is 0.246. The predicted octanol–water partition coefficient (Wildman–Crippen LogP) is 2.84. The van der Waals surface area contributed by atoms with Crippen molar-refractivity contribution in [1.29, 1.82) is 0 Å². The lowest BCUT2D eigenvalue weighted by Crippen LogP contribution is -2.32. The van der Waals surface area contributed by atoms with Crippen LogP contribution in [0.15, 0.2) is 46.8 Å². The van der Waals surface area contributed by atoms with Crippen molar-refractivity contribution in [2.45, 2.75) is 18.4 Å². The zero-order chi connectivity index (χ0) is 16.0. The van der Waals surface area contributed by atoms with E-state index < -0.39 is 10.0 Å². The minimum atomic E-state index is -3.60. The molecule has 0 saturated carbocycles. The first-order valence-electron chi connectivity index (χ1n) is 6.54. The fourth-order valence-corrected chi connectivity index (χ4v) is 4.41. The average molecular weight is 373 g/mol. The molecule has 0 saturated heterocycles. The second kappa shape index (κ2) is 7.89. The van der Waals surface area contributed by atoms with E-state index in [1.54, 1.807) is 18.2 Å². The van der Waals surface area contributed by atoms with E-state index in [0.717, 1.165) is 11.1 Å². The zero-order valence-corrected chi connectivity index (χ0v) is 14.8. The number of sulfonamides is 1. The van der Waals surface area contributed by atoms with E-state index in [2.05, 4.69) is 34.4 Å². The van der Waals surface area contributed by atoms with Crippen molar-refractivity contribution in [3.63, 3.8) is 0 Å². The largest absolute Gasteiger partial charge is 0.316 e. The summed E-state index contributed by atoms with van der Waals surface area (Å²) in [5.74, 6) is 0. The highest BCUT2D eigenvalue weighted by Gasteiger charge is 2.26. The van der Waals surface area contributed by atoms with Crippen molar-refractivity contribution in [2.75, 3.05) is 20.1 Å². The molecule has 0 radical (unpaired) electrons. The molecule has 4 nitrogen and oxygen atoms in total. The van der Waals surface area contributed by atoms with Crippen LogP contribution in [0.5, 0.6) is 0 Å². The third-order valence-corrected chi connectivity index (χ3v) is 6.12. The number of aryl methyl sites for hydroxylation is 1. The molecule has 6 heteroatoms. The van der Waals surface area contributed by atoms with Crippen molar-refractivity contribution in [2.24, 2.45) is 0 Å². The van der Waals surface area contributed by atoms with Crippen molar-refractivity contribution in [3.05, 3.63) is 53.0 Å². The van der Waals surface area contributed by atoms with Crippen molar-refractivity contribution < 1.29 is 8.42 Å². The second-order valence-electron chi connectivity index (χ2n) is 4.65. The van der Waals surface area contributed by atoms with Gasteiger partial charge in [-0.25, -0.2) is 8.42 Å². The maximum absolute atomic E-state index is 12.8. The molecule has 0 bridgehead atoms. The highest BCUT2D eigenvalue weighted by Crippen LogP contribution is 2.29. The molecule has 0 fully saturated rings. The molecule has 1 rings (SSSR count). The van der Waals surface area contributed by atoms with Crippen molar-refractivity contribution >= 4 is 26.0 Å². The van der Waals surface area contributed by atoms with Crippen LogP contribution in [0, 0.1) is 6.92 Å². The highest BCUT2D eigenvalue weighted by atomic mass is 79.9. The Labute approximate surface area is 135 Å². The maximum Gasteiger partial charge on any atom is 0.244 e. The molecule has 1 aromatic carbocycles. The van der Waals surface area contributed by atoms with Crippen LogP contribution < -0.4 is 5.32 Å². The molecular weight excluding hydrogens is 352 g/mol. The summed E-state index contributed by atoms with van der Waals surface area (Å²) in [6, 6.07) is 3.66. The van der Waals surface area contributed by atoms with Crippen LogP contribution in [0.1, 0.15) is 11.1 Å². The Morgan fingerprint density at radius 1 is 1.29 bits per heavy atom. The summed E-state index contributed by atoms with van der Waals surface area (Å²) in [4.78, 5) is 0.274. The van der Waals surface area contributed by atoms with Crippen molar-refractivity contribution in [1.82, 2.24) is 9.62 Å². The lowest BCUT2D eigenvalue weighted by atomic mass is 10.1. The van der Waals surface area contributed by atoms with Gasteiger partial charge in [0.25, 0.3) is 0 Å². The van der Waals surface area contributed by atoms with Gasteiger partial charge in [0.05, 0.1) is 4.90 Å². The Kier molecular flexibility index (Phi) is 6.80. The molecule has 0 aliphatic rings. The summed E-state index contributed by atoms with van der Waals surface area (Å²) in [7, 11) is -1.78. The van der Waals surface area contributed by atoms with Gasteiger partial charge in [0, 0.05) is 24.1 Å². The molecule has 116 valence electrons. The fraction of sp³-hybridized carbons (Fsp3) is 0.333. The Morgan fingerprint density at radius 3 is 2.33 bits per heavy atom. The van der Waals surface area contributed by atoms with E-state index in [4.69, 9.17) is 0 Å². The van der Waals surface area contributed by atoms with Crippen LogP contribution in [0.25, 0.3) is 0 Å². The molecule has 0 unspecified atom stereocenters. The van der Waals surface area contributed by atoms with E-state index in [-0.39, 0.29) is 18.0 Å². The predicted molar refractivity (Wildman–Crippen MR) is 90.8 cm³/mol. The normalized spacial score (nSPS) is 11.6. The molecule has 0 heterocycles. The number of hydrogen-bond donors (Lipinski definition) is 1. The third kappa shape index (κ3) is 4.26. The number of benzene rings is 1. The summed E-state index contributed by atoms with van der Waals surface area (Å²) >= 11 is 3.39. The van der Waals surface area contributed by atoms with Gasteiger partial charge >= 0.3 is 0 Å². The summed E-state index contributed by atoms with van der Waals surface area (Å²) in [5.41, 5.74) is 1.81. The molecule has 1 N–H and O–H groups in total. The van der Waals surface area contributed by atoms with Gasteiger partial charge in [-0.3, -0.25) is 0 Å². The van der Waals surface area contributed by atoms with Gasteiger partial charge < -0.3 is 5.32 Å². The number of nitrogens with one attached hydrogen (secondary N) is 1. The maximum atomic E-state index is 12.8. The number of rotatable bonds is 8. The molecule has 0 atom stereocenters. The molecule has 0 aliphatic heterocycles. The van der Waals surface area contributed by atoms with E-state index in [1.165, 1.54) is 4.31 Å². The zero-order valence-electron chi connectivity index (χ0n) is 12.4. The van der Waals surface area contributed by atoms with Gasteiger partial charge in [-0.1, -0.05) is 18.2 Å². The number of hydrogen-bond acceptors (Lipinski definition) is 3. The molecule has 0 aromatic heterocycles. The summed E-state index contributed by atoms with van der Waals surface area (Å²) in [6.45, 7) is 10.2. The van der Waals surface area contributed by atoms with Gasteiger partial charge in [-0.05, 0) is 47.1 Å². The van der Waals surface area contributed by atoms with Crippen LogP contribution in [-0.2, 0) is 16.6 Å². The number of halogens is 1. The standard InChI is InChI=1S/C15H21BrN2O2S/c1-5-7-18(8-6-2)21(19,20)14-10-13(11-17-4)9-12(3)15(14)16/h5-6,9-10,17H,1-2,7-8,11H2,3-4H3. The average Bonchev–Trinajstić information content (AvgIpc) is 2.42. The smallest absolute Gasteiger partial charge is 0.244 e. The fourth-order valence-electron chi connectivity index (χ4n) is 2.00. The van der Waals surface area contributed by atoms with Crippen LogP contribution in [0.2, 0.25) is 0 Å². The van der Waals surface area contributed by atoms with E-state index in [0.29, 0.717) is 11.0 Å². The highest BCUT2D eigenvalue weighted by molar-refractivity contribution is 9.10. The van der Waals surface area contributed by atoms with Gasteiger partial charge in [0.2, 0.25) is 10.0 Å². The molecular formula is C15H21BrN2O2S. The summed E-state index contributed by atoms with van der Waals surface area (Å²) in [6.07, 6.45) is 3.14. The number of nitrogens with zero attached hydrogens (tertiary/aromatic N) is 1. The Hall–Kier alpha value is -0.950. The third-order valence-electron chi connectivity index (χ3n) is 2.95. The molecule has 0 amide bonds. The first kappa shape index (κ1) is 18.1. The first-order chi connectivity index (χ1) is 9.88. The summed E-state index contributed by atoms with van der Waals surface area (Å²) < 4.78 is 27.6. The topological polar surface area (TPSA) is 49.4 Å². The van der Waals surface area contributed by atoms with Gasteiger partial charge in [-0.2, -0.15) is 4.31 Å². The van der Waals surface area contributed by atoms with Crippen molar-refractivity contribution in [3.8, 4) is 0 Å².